The molecule has 22 heavy (non-hydrogen) atoms. The van der Waals surface area contributed by atoms with Crippen LogP contribution in [0.15, 0.2) is 29.4 Å². The van der Waals surface area contributed by atoms with E-state index < -0.39 is 37.5 Å². The number of hydrazone groups is 1. The number of anilines is 1. The number of nitrogens with zero attached hydrogens (tertiary/aromatic N) is 4. The summed E-state index contributed by atoms with van der Waals surface area (Å²) in [5.41, 5.74) is 0.504. The predicted octanol–water partition coefficient (Wildman–Crippen LogP) is 2.02. The Morgan fingerprint density at radius 3 is 2.32 bits per heavy atom. The SMILES string of the molecule is O=[N+]([O-])C1=NNc2cccc3cc([N+](=O)[O-])c([N+](=O)[O-])c1c23. The van der Waals surface area contributed by atoms with Gasteiger partial charge in [0.15, 0.2) is 5.56 Å². The van der Waals surface area contributed by atoms with Crippen molar-refractivity contribution in [1.29, 1.82) is 0 Å². The average molecular weight is 303 g/mol. The summed E-state index contributed by atoms with van der Waals surface area (Å²) in [4.78, 5) is 30.6. The summed E-state index contributed by atoms with van der Waals surface area (Å²) < 4.78 is 0. The predicted molar refractivity (Wildman–Crippen MR) is 74.4 cm³/mol. The van der Waals surface area contributed by atoms with Gasteiger partial charge in [-0.25, -0.2) is 0 Å². The van der Waals surface area contributed by atoms with Crippen molar-refractivity contribution in [2.45, 2.75) is 0 Å². The molecule has 0 amide bonds. The first-order valence-electron chi connectivity index (χ1n) is 5.78. The molecule has 110 valence electrons. The van der Waals surface area contributed by atoms with Crippen LogP contribution in [0.2, 0.25) is 0 Å². The fraction of sp³-hybridized carbons (Fsp3) is 0. The Morgan fingerprint density at radius 2 is 1.73 bits per heavy atom. The van der Waals surface area contributed by atoms with E-state index in [9.17, 15) is 30.3 Å². The minimum atomic E-state index is -1.01. The number of benzene rings is 2. The third-order valence-electron chi connectivity index (χ3n) is 3.18. The minimum Gasteiger partial charge on any atom is -0.358 e. The summed E-state index contributed by atoms with van der Waals surface area (Å²) in [5, 5.41) is 37.4. The molecule has 0 atom stereocenters. The van der Waals surface area contributed by atoms with Gasteiger partial charge in [0, 0.05) is 11.5 Å². The second-order valence-corrected chi connectivity index (χ2v) is 4.34. The van der Waals surface area contributed by atoms with Gasteiger partial charge in [0.25, 0.3) is 0 Å². The lowest BCUT2D eigenvalue weighted by molar-refractivity contribution is -0.423. The van der Waals surface area contributed by atoms with Crippen molar-refractivity contribution in [3.8, 4) is 0 Å². The Balaban J connectivity index is 2.57. The van der Waals surface area contributed by atoms with E-state index in [1.54, 1.807) is 6.07 Å². The summed E-state index contributed by atoms with van der Waals surface area (Å²) in [7, 11) is 0. The van der Waals surface area contributed by atoms with Gasteiger partial charge in [-0.2, -0.15) is 5.43 Å². The summed E-state index contributed by atoms with van der Waals surface area (Å²) in [6.07, 6.45) is 0. The number of nitrogens with one attached hydrogen (secondary N) is 1. The molecular formula is C11H5N5O6. The van der Waals surface area contributed by atoms with Crippen molar-refractivity contribution < 1.29 is 14.8 Å². The second kappa shape index (κ2) is 4.44. The smallest absolute Gasteiger partial charge is 0.358 e. The molecule has 0 fully saturated rings. The molecule has 2 aromatic rings. The zero-order valence-electron chi connectivity index (χ0n) is 10.5. The lowest BCUT2D eigenvalue weighted by atomic mass is 9.98. The zero-order valence-corrected chi connectivity index (χ0v) is 10.5. The lowest BCUT2D eigenvalue weighted by Gasteiger charge is -2.12. The Morgan fingerprint density at radius 1 is 1.00 bits per heavy atom. The minimum absolute atomic E-state index is 0.154. The summed E-state index contributed by atoms with van der Waals surface area (Å²) >= 11 is 0. The maximum Gasteiger partial charge on any atom is 0.403 e. The molecule has 0 aliphatic carbocycles. The normalized spacial score (nSPS) is 12.5. The van der Waals surface area contributed by atoms with Crippen LogP contribution in [0.1, 0.15) is 5.56 Å². The van der Waals surface area contributed by atoms with E-state index in [2.05, 4.69) is 10.5 Å². The van der Waals surface area contributed by atoms with Gasteiger partial charge in [-0.1, -0.05) is 12.1 Å². The number of nitro benzene ring substituents is 2. The van der Waals surface area contributed by atoms with E-state index in [-0.39, 0.29) is 10.8 Å². The highest BCUT2D eigenvalue weighted by Gasteiger charge is 2.40. The first-order valence-corrected chi connectivity index (χ1v) is 5.78. The second-order valence-electron chi connectivity index (χ2n) is 4.34. The number of nitro groups is 3. The first-order chi connectivity index (χ1) is 10.4. The fourth-order valence-electron chi connectivity index (χ4n) is 2.37. The van der Waals surface area contributed by atoms with Crippen LogP contribution in [-0.2, 0) is 0 Å². The van der Waals surface area contributed by atoms with Crippen LogP contribution in [0, 0.1) is 30.3 Å². The van der Waals surface area contributed by atoms with Gasteiger partial charge in [-0.3, -0.25) is 20.2 Å². The van der Waals surface area contributed by atoms with Gasteiger partial charge in [-0.15, -0.1) is 0 Å². The number of amidine groups is 1. The molecule has 0 radical (unpaired) electrons. The molecule has 2 aromatic carbocycles. The highest BCUT2D eigenvalue weighted by molar-refractivity contribution is 6.17. The van der Waals surface area contributed by atoms with Crippen molar-refractivity contribution in [1.82, 2.24) is 0 Å². The quantitative estimate of drug-likeness (QED) is 0.657. The molecule has 1 aliphatic rings. The van der Waals surface area contributed by atoms with Crippen LogP contribution in [0.4, 0.5) is 17.1 Å². The molecule has 1 N–H and O–H groups in total. The zero-order chi connectivity index (χ0) is 16.0. The van der Waals surface area contributed by atoms with Crippen LogP contribution < -0.4 is 5.43 Å². The molecule has 11 nitrogen and oxygen atoms in total. The van der Waals surface area contributed by atoms with Crippen molar-refractivity contribution in [2.75, 3.05) is 5.43 Å². The maximum atomic E-state index is 11.3. The summed E-state index contributed by atoms with van der Waals surface area (Å²) in [6, 6.07) is 5.56. The number of rotatable bonds is 2. The van der Waals surface area contributed by atoms with E-state index >= 15 is 0 Å². The van der Waals surface area contributed by atoms with Crippen molar-refractivity contribution in [2.24, 2.45) is 5.10 Å². The molecule has 0 unspecified atom stereocenters. The Kier molecular flexibility index (Phi) is 2.70. The average Bonchev–Trinajstić information content (AvgIpc) is 2.46. The molecule has 0 saturated heterocycles. The van der Waals surface area contributed by atoms with E-state index in [0.29, 0.717) is 5.69 Å². The molecule has 0 spiro atoms. The third-order valence-corrected chi connectivity index (χ3v) is 3.18. The van der Waals surface area contributed by atoms with Crippen LogP contribution in [0.3, 0.4) is 0 Å². The van der Waals surface area contributed by atoms with Crippen LogP contribution >= 0.6 is 0 Å². The summed E-state index contributed by atoms with van der Waals surface area (Å²) in [5.74, 6) is -0.834. The Labute approximate surface area is 120 Å². The molecule has 0 bridgehead atoms. The van der Waals surface area contributed by atoms with E-state index in [1.807, 2.05) is 0 Å². The van der Waals surface area contributed by atoms with Crippen molar-refractivity contribution in [3.05, 3.63) is 60.2 Å². The highest BCUT2D eigenvalue weighted by Crippen LogP contribution is 2.41. The molecule has 1 aliphatic heterocycles. The van der Waals surface area contributed by atoms with Gasteiger partial charge < -0.3 is 10.1 Å². The van der Waals surface area contributed by atoms with E-state index in [1.165, 1.54) is 12.1 Å². The summed E-state index contributed by atoms with van der Waals surface area (Å²) in [6.45, 7) is 0. The van der Waals surface area contributed by atoms with Gasteiger partial charge >= 0.3 is 17.2 Å². The Bertz CT molecular complexity index is 905. The fourth-order valence-corrected chi connectivity index (χ4v) is 2.37. The van der Waals surface area contributed by atoms with E-state index in [4.69, 9.17) is 0 Å². The van der Waals surface area contributed by atoms with Gasteiger partial charge in [0.2, 0.25) is 0 Å². The Hall–Kier alpha value is -3.63. The molecule has 1 heterocycles. The number of hydrogen-bond acceptors (Lipinski definition) is 8. The van der Waals surface area contributed by atoms with Crippen LogP contribution in [0.25, 0.3) is 10.8 Å². The van der Waals surface area contributed by atoms with Gasteiger partial charge in [-0.05, 0) is 16.4 Å². The molecule has 0 saturated carbocycles. The van der Waals surface area contributed by atoms with Crippen molar-refractivity contribution in [3.63, 3.8) is 0 Å². The van der Waals surface area contributed by atoms with Gasteiger partial charge in [0.1, 0.15) is 0 Å². The van der Waals surface area contributed by atoms with Crippen molar-refractivity contribution >= 4 is 33.7 Å². The number of hydrogen-bond donors (Lipinski definition) is 1. The van der Waals surface area contributed by atoms with Gasteiger partial charge in [0.05, 0.1) is 20.6 Å². The molecule has 11 heteroatoms. The largest absolute Gasteiger partial charge is 0.403 e. The van der Waals surface area contributed by atoms with Crippen LogP contribution in [0.5, 0.6) is 0 Å². The monoisotopic (exact) mass is 303 g/mol. The standard InChI is InChI=1S/C11H5N5O6/c17-14(18)7-4-5-2-1-3-6-8(5)9(10(7)15(19)20)11(13-12-6)16(21)22/h1-4,12H. The molecule has 0 aromatic heterocycles. The third kappa shape index (κ3) is 1.72. The first kappa shape index (κ1) is 13.4. The highest BCUT2D eigenvalue weighted by atomic mass is 16.6. The maximum absolute atomic E-state index is 11.3. The topological polar surface area (TPSA) is 154 Å². The molecule has 3 rings (SSSR count). The molecular weight excluding hydrogens is 298 g/mol. The van der Waals surface area contributed by atoms with E-state index in [0.717, 1.165) is 6.07 Å². The lowest BCUT2D eigenvalue weighted by Crippen LogP contribution is -2.21. The van der Waals surface area contributed by atoms with Crippen LogP contribution in [-0.4, -0.2) is 20.6 Å².